The SMILES string of the molecule is CCc1nc(-c2cccnc2)c(N)n1C(C)(C)C. The summed E-state index contributed by atoms with van der Waals surface area (Å²) in [6.07, 6.45) is 4.41. The lowest BCUT2D eigenvalue weighted by atomic mass is 10.1. The van der Waals surface area contributed by atoms with Crippen molar-refractivity contribution in [1.29, 1.82) is 0 Å². The highest BCUT2D eigenvalue weighted by Crippen LogP contribution is 2.31. The van der Waals surface area contributed by atoms with Crippen molar-refractivity contribution in [3.05, 3.63) is 30.4 Å². The molecule has 0 unspecified atom stereocenters. The molecule has 0 fully saturated rings. The van der Waals surface area contributed by atoms with Crippen LogP contribution in [0.4, 0.5) is 5.82 Å². The zero-order valence-electron chi connectivity index (χ0n) is 11.4. The number of aromatic nitrogens is 3. The summed E-state index contributed by atoms with van der Waals surface area (Å²) >= 11 is 0. The lowest BCUT2D eigenvalue weighted by Gasteiger charge is -2.24. The number of aryl methyl sites for hydroxylation is 1. The molecule has 18 heavy (non-hydrogen) atoms. The molecule has 0 atom stereocenters. The number of nitrogen functional groups attached to an aromatic ring is 1. The van der Waals surface area contributed by atoms with Crippen LogP contribution in [0.2, 0.25) is 0 Å². The molecule has 2 rings (SSSR count). The molecule has 0 saturated heterocycles. The van der Waals surface area contributed by atoms with Gasteiger partial charge in [-0.2, -0.15) is 0 Å². The van der Waals surface area contributed by atoms with Crippen molar-refractivity contribution in [3.63, 3.8) is 0 Å². The number of pyridine rings is 1. The molecule has 0 aliphatic rings. The van der Waals surface area contributed by atoms with Crippen molar-refractivity contribution >= 4 is 5.82 Å². The summed E-state index contributed by atoms with van der Waals surface area (Å²) in [4.78, 5) is 8.79. The summed E-state index contributed by atoms with van der Waals surface area (Å²) < 4.78 is 2.11. The van der Waals surface area contributed by atoms with Gasteiger partial charge >= 0.3 is 0 Å². The lowest BCUT2D eigenvalue weighted by Crippen LogP contribution is -2.25. The van der Waals surface area contributed by atoms with E-state index in [1.165, 1.54) is 0 Å². The van der Waals surface area contributed by atoms with Gasteiger partial charge in [-0.15, -0.1) is 0 Å². The lowest BCUT2D eigenvalue weighted by molar-refractivity contribution is 0.389. The van der Waals surface area contributed by atoms with Crippen LogP contribution in [0.15, 0.2) is 24.5 Å². The maximum absolute atomic E-state index is 6.27. The summed E-state index contributed by atoms with van der Waals surface area (Å²) in [6, 6.07) is 3.88. The van der Waals surface area contributed by atoms with Crippen molar-refractivity contribution in [1.82, 2.24) is 14.5 Å². The molecule has 0 aliphatic carbocycles. The number of imidazole rings is 1. The molecule has 2 heterocycles. The molecule has 0 spiro atoms. The van der Waals surface area contributed by atoms with Gasteiger partial charge in [-0.25, -0.2) is 4.98 Å². The largest absolute Gasteiger partial charge is 0.383 e. The van der Waals surface area contributed by atoms with Crippen LogP contribution in [0.3, 0.4) is 0 Å². The molecule has 0 bridgehead atoms. The Balaban J connectivity index is 2.62. The molecule has 96 valence electrons. The minimum atomic E-state index is -0.0666. The van der Waals surface area contributed by atoms with E-state index in [4.69, 9.17) is 5.73 Å². The minimum Gasteiger partial charge on any atom is -0.383 e. The van der Waals surface area contributed by atoms with E-state index in [1.807, 2.05) is 12.1 Å². The Morgan fingerprint density at radius 2 is 2.06 bits per heavy atom. The summed E-state index contributed by atoms with van der Waals surface area (Å²) in [5.41, 5.74) is 8.00. The maximum atomic E-state index is 6.27. The first kappa shape index (κ1) is 12.6. The molecular weight excluding hydrogens is 224 g/mol. The molecule has 2 aromatic rings. The van der Waals surface area contributed by atoms with E-state index in [0.29, 0.717) is 5.82 Å². The van der Waals surface area contributed by atoms with E-state index in [1.54, 1.807) is 12.4 Å². The van der Waals surface area contributed by atoms with Crippen LogP contribution in [0.1, 0.15) is 33.5 Å². The number of rotatable bonds is 2. The van der Waals surface area contributed by atoms with Crippen LogP contribution in [0.25, 0.3) is 11.3 Å². The zero-order chi connectivity index (χ0) is 13.3. The Hall–Kier alpha value is -1.84. The summed E-state index contributed by atoms with van der Waals surface area (Å²) in [5, 5.41) is 0. The Morgan fingerprint density at radius 3 is 2.50 bits per heavy atom. The van der Waals surface area contributed by atoms with Gasteiger partial charge in [0.1, 0.15) is 17.3 Å². The highest BCUT2D eigenvalue weighted by atomic mass is 15.2. The zero-order valence-corrected chi connectivity index (χ0v) is 11.4. The van der Waals surface area contributed by atoms with Crippen molar-refractivity contribution < 1.29 is 0 Å². The van der Waals surface area contributed by atoms with Crippen LogP contribution >= 0.6 is 0 Å². The van der Waals surface area contributed by atoms with Crippen molar-refractivity contribution in [3.8, 4) is 11.3 Å². The quantitative estimate of drug-likeness (QED) is 0.883. The fourth-order valence-electron chi connectivity index (χ4n) is 2.18. The van der Waals surface area contributed by atoms with E-state index in [9.17, 15) is 0 Å². The monoisotopic (exact) mass is 244 g/mol. The van der Waals surface area contributed by atoms with Gasteiger partial charge in [0.05, 0.1) is 0 Å². The molecule has 0 saturated carbocycles. The number of hydrogen-bond donors (Lipinski definition) is 1. The van der Waals surface area contributed by atoms with E-state index in [2.05, 4.69) is 42.2 Å². The Bertz CT molecular complexity index is 535. The molecular formula is C14H20N4. The van der Waals surface area contributed by atoms with Crippen LogP contribution < -0.4 is 5.73 Å². The Kier molecular flexibility index (Phi) is 3.11. The van der Waals surface area contributed by atoms with E-state index in [-0.39, 0.29) is 5.54 Å². The molecule has 4 heteroatoms. The molecule has 0 amide bonds. The first-order chi connectivity index (χ1) is 8.45. The third-order valence-corrected chi connectivity index (χ3v) is 2.90. The summed E-state index contributed by atoms with van der Waals surface area (Å²) in [6.45, 7) is 8.50. The average molecular weight is 244 g/mol. The van der Waals surface area contributed by atoms with Gasteiger partial charge < -0.3 is 10.3 Å². The minimum absolute atomic E-state index is 0.0666. The smallest absolute Gasteiger partial charge is 0.132 e. The average Bonchev–Trinajstić information content (AvgIpc) is 2.67. The predicted octanol–water partition coefficient (Wildman–Crippen LogP) is 2.84. The molecule has 0 radical (unpaired) electrons. The molecule has 4 nitrogen and oxygen atoms in total. The van der Waals surface area contributed by atoms with Crippen molar-refractivity contribution in [2.75, 3.05) is 5.73 Å². The van der Waals surface area contributed by atoms with Crippen LogP contribution in [0, 0.1) is 0 Å². The van der Waals surface area contributed by atoms with Crippen molar-refractivity contribution in [2.24, 2.45) is 0 Å². The number of nitrogens with zero attached hydrogens (tertiary/aromatic N) is 3. The maximum Gasteiger partial charge on any atom is 0.132 e. The highest BCUT2D eigenvalue weighted by molar-refractivity contribution is 5.70. The molecule has 0 aromatic carbocycles. The number of hydrogen-bond acceptors (Lipinski definition) is 3. The third-order valence-electron chi connectivity index (χ3n) is 2.90. The standard InChI is InChI=1S/C14H20N4/c1-5-11-17-12(10-7-6-8-16-9-10)13(15)18(11)14(2,3)4/h6-9H,5,15H2,1-4H3. The predicted molar refractivity (Wildman–Crippen MR) is 74.2 cm³/mol. The van der Waals surface area contributed by atoms with Gasteiger partial charge in [0.2, 0.25) is 0 Å². The molecule has 2 N–H and O–H groups in total. The van der Waals surface area contributed by atoms with Gasteiger partial charge in [-0.3, -0.25) is 4.98 Å². The van der Waals surface area contributed by atoms with E-state index >= 15 is 0 Å². The fourth-order valence-corrected chi connectivity index (χ4v) is 2.18. The number of nitrogens with two attached hydrogens (primary N) is 1. The van der Waals surface area contributed by atoms with Gasteiger partial charge in [0.25, 0.3) is 0 Å². The van der Waals surface area contributed by atoms with Crippen LogP contribution in [-0.4, -0.2) is 14.5 Å². The van der Waals surface area contributed by atoms with E-state index < -0.39 is 0 Å². The second-order valence-corrected chi connectivity index (χ2v) is 5.36. The molecule has 0 aliphatic heterocycles. The third kappa shape index (κ3) is 2.10. The van der Waals surface area contributed by atoms with E-state index in [0.717, 1.165) is 23.5 Å². The van der Waals surface area contributed by atoms with Crippen LogP contribution in [-0.2, 0) is 12.0 Å². The van der Waals surface area contributed by atoms with Gasteiger partial charge in [-0.1, -0.05) is 6.92 Å². The number of anilines is 1. The first-order valence-electron chi connectivity index (χ1n) is 6.23. The van der Waals surface area contributed by atoms with Gasteiger partial charge in [0.15, 0.2) is 0 Å². The molecule has 2 aromatic heterocycles. The summed E-state index contributed by atoms with van der Waals surface area (Å²) in [7, 11) is 0. The Labute approximate surface area is 108 Å². The van der Waals surface area contributed by atoms with Crippen LogP contribution in [0.5, 0.6) is 0 Å². The highest BCUT2D eigenvalue weighted by Gasteiger charge is 2.23. The van der Waals surface area contributed by atoms with Gasteiger partial charge in [0, 0.05) is 29.9 Å². The second-order valence-electron chi connectivity index (χ2n) is 5.36. The fraction of sp³-hybridized carbons (Fsp3) is 0.429. The topological polar surface area (TPSA) is 56.7 Å². The Morgan fingerprint density at radius 1 is 1.33 bits per heavy atom. The van der Waals surface area contributed by atoms with Crippen molar-refractivity contribution in [2.45, 2.75) is 39.7 Å². The summed E-state index contributed by atoms with van der Waals surface area (Å²) in [5.74, 6) is 1.73. The first-order valence-corrected chi connectivity index (χ1v) is 6.23. The van der Waals surface area contributed by atoms with Gasteiger partial charge in [-0.05, 0) is 32.9 Å². The second kappa shape index (κ2) is 4.44. The normalized spacial score (nSPS) is 11.8.